The highest BCUT2D eigenvalue weighted by atomic mass is 32.1. The zero-order chi connectivity index (χ0) is 23.1. The minimum Gasteiger partial charge on any atom is -0.462 e. The Morgan fingerprint density at radius 3 is 2.91 bits per heavy atom. The Bertz CT molecular complexity index is 1140. The average Bonchev–Trinajstić information content (AvgIpc) is 3.16. The number of carbonyl (C=O) groups excluding carboxylic acids is 1. The fourth-order valence-electron chi connectivity index (χ4n) is 5.75. The Morgan fingerprint density at radius 1 is 1.27 bits per heavy atom. The summed E-state index contributed by atoms with van der Waals surface area (Å²) in [4.78, 5) is 28.7. The second kappa shape index (κ2) is 9.22. The van der Waals surface area contributed by atoms with E-state index < -0.39 is 0 Å². The van der Waals surface area contributed by atoms with Gasteiger partial charge in [0.15, 0.2) is 5.11 Å². The molecule has 3 atom stereocenters. The standard InChI is InChI=1S/C25H31N3O3S2/c1-3-15-8-9-18-20(11-15)33-23(22(18)24(30)31-4-2)26-25(32)27-12-16-10-17(14-27)19-6-5-7-21(29)28(19)13-16/h5-7,15-17H,3-4,8-14H2,1-2H3,(H,26,32)/t15-,16-,17+/m0/s1. The van der Waals surface area contributed by atoms with Gasteiger partial charge in [0.2, 0.25) is 0 Å². The quantitative estimate of drug-likeness (QED) is 0.511. The summed E-state index contributed by atoms with van der Waals surface area (Å²) in [7, 11) is 0. The van der Waals surface area contributed by atoms with E-state index in [1.165, 1.54) is 4.88 Å². The molecule has 0 unspecified atom stereocenters. The Morgan fingerprint density at radius 2 is 2.12 bits per heavy atom. The zero-order valence-electron chi connectivity index (χ0n) is 19.3. The molecule has 0 saturated carbocycles. The van der Waals surface area contributed by atoms with Crippen LogP contribution in [0.15, 0.2) is 23.0 Å². The van der Waals surface area contributed by atoms with E-state index in [0.29, 0.717) is 29.1 Å². The van der Waals surface area contributed by atoms with Gasteiger partial charge in [-0.2, -0.15) is 0 Å². The Balaban J connectivity index is 1.38. The third-order valence-electron chi connectivity index (χ3n) is 7.41. The second-order valence-electron chi connectivity index (χ2n) is 9.48. The molecule has 2 bridgehead atoms. The molecule has 2 aromatic heterocycles. The van der Waals surface area contributed by atoms with Crippen LogP contribution in [-0.2, 0) is 24.1 Å². The van der Waals surface area contributed by atoms with Crippen LogP contribution in [0.4, 0.5) is 5.00 Å². The summed E-state index contributed by atoms with van der Waals surface area (Å²) in [6.07, 6.45) is 5.31. The average molecular weight is 486 g/mol. The number of esters is 1. The van der Waals surface area contributed by atoms with Crippen molar-refractivity contribution >= 4 is 39.6 Å². The topological polar surface area (TPSA) is 63.6 Å². The maximum absolute atomic E-state index is 12.9. The Labute approximate surface area is 203 Å². The predicted octanol–water partition coefficient (Wildman–Crippen LogP) is 4.42. The maximum Gasteiger partial charge on any atom is 0.341 e. The number of nitrogens with one attached hydrogen (secondary N) is 1. The molecular weight excluding hydrogens is 454 g/mol. The minimum absolute atomic E-state index is 0.0879. The summed E-state index contributed by atoms with van der Waals surface area (Å²) < 4.78 is 7.36. The number of fused-ring (bicyclic) bond motifs is 5. The molecule has 6 nitrogen and oxygen atoms in total. The number of ether oxygens (including phenoxy) is 1. The number of hydrogen-bond donors (Lipinski definition) is 1. The van der Waals surface area contributed by atoms with Crippen molar-refractivity contribution in [2.45, 2.75) is 58.4 Å². The number of piperidine rings is 1. The first-order chi connectivity index (χ1) is 16.0. The van der Waals surface area contributed by atoms with Gasteiger partial charge in [-0.1, -0.05) is 19.4 Å². The summed E-state index contributed by atoms with van der Waals surface area (Å²) in [6.45, 7) is 6.79. The summed E-state index contributed by atoms with van der Waals surface area (Å²) in [6, 6.07) is 5.57. The minimum atomic E-state index is -0.251. The molecule has 2 aliphatic heterocycles. The van der Waals surface area contributed by atoms with Crippen LogP contribution >= 0.6 is 23.6 Å². The fourth-order valence-corrected chi connectivity index (χ4v) is 7.41. The summed E-state index contributed by atoms with van der Waals surface area (Å²) in [5, 5.41) is 4.93. The monoisotopic (exact) mass is 485 g/mol. The number of thiophene rings is 1. The molecule has 3 aliphatic rings. The van der Waals surface area contributed by atoms with Crippen LogP contribution in [0.5, 0.6) is 0 Å². The van der Waals surface area contributed by atoms with Crippen molar-refractivity contribution in [2.24, 2.45) is 11.8 Å². The van der Waals surface area contributed by atoms with Gasteiger partial charge in [-0.25, -0.2) is 4.79 Å². The van der Waals surface area contributed by atoms with Gasteiger partial charge < -0.3 is 19.5 Å². The summed E-state index contributed by atoms with van der Waals surface area (Å²) in [5.74, 6) is 1.11. The van der Waals surface area contributed by atoms with E-state index in [1.54, 1.807) is 17.4 Å². The Kier molecular flexibility index (Phi) is 6.31. The third kappa shape index (κ3) is 4.23. The highest BCUT2D eigenvalue weighted by Crippen LogP contribution is 2.41. The molecule has 1 fully saturated rings. The molecule has 176 valence electrons. The number of nitrogens with zero attached hydrogens (tertiary/aromatic N) is 2. The molecule has 0 aromatic carbocycles. The smallest absolute Gasteiger partial charge is 0.341 e. The molecule has 1 N–H and O–H groups in total. The summed E-state index contributed by atoms with van der Waals surface area (Å²) >= 11 is 7.52. The van der Waals surface area contributed by atoms with Gasteiger partial charge in [0, 0.05) is 42.2 Å². The van der Waals surface area contributed by atoms with Crippen LogP contribution in [0.2, 0.25) is 0 Å². The highest BCUT2D eigenvalue weighted by molar-refractivity contribution is 7.80. The van der Waals surface area contributed by atoms with Crippen LogP contribution in [0.25, 0.3) is 0 Å². The van der Waals surface area contributed by atoms with Gasteiger partial charge in [-0.05, 0) is 68.3 Å². The van der Waals surface area contributed by atoms with Crippen LogP contribution in [0.3, 0.4) is 0 Å². The van der Waals surface area contributed by atoms with Crippen molar-refractivity contribution in [2.75, 3.05) is 25.0 Å². The van der Waals surface area contributed by atoms with Gasteiger partial charge in [0.1, 0.15) is 5.00 Å². The van der Waals surface area contributed by atoms with Crippen LogP contribution in [0, 0.1) is 11.8 Å². The molecule has 0 radical (unpaired) electrons. The molecule has 33 heavy (non-hydrogen) atoms. The predicted molar refractivity (Wildman–Crippen MR) is 135 cm³/mol. The molecule has 4 heterocycles. The van der Waals surface area contributed by atoms with Gasteiger partial charge >= 0.3 is 5.97 Å². The second-order valence-corrected chi connectivity index (χ2v) is 11.0. The lowest BCUT2D eigenvalue weighted by atomic mass is 9.83. The van der Waals surface area contributed by atoms with E-state index in [-0.39, 0.29) is 17.4 Å². The highest BCUT2D eigenvalue weighted by Gasteiger charge is 2.36. The van der Waals surface area contributed by atoms with E-state index in [0.717, 1.165) is 68.0 Å². The van der Waals surface area contributed by atoms with Crippen molar-refractivity contribution < 1.29 is 9.53 Å². The number of hydrogen-bond acceptors (Lipinski definition) is 5. The molecule has 1 saturated heterocycles. The van der Waals surface area contributed by atoms with Gasteiger partial charge in [0.25, 0.3) is 5.56 Å². The number of pyridine rings is 1. The first-order valence-corrected chi connectivity index (χ1v) is 13.3. The lowest BCUT2D eigenvalue weighted by molar-refractivity contribution is 0.0526. The van der Waals surface area contributed by atoms with E-state index >= 15 is 0 Å². The van der Waals surface area contributed by atoms with Crippen molar-refractivity contribution in [3.63, 3.8) is 0 Å². The normalized spacial score (nSPS) is 23.5. The number of thiocarbonyl (C=S) groups is 1. The van der Waals surface area contributed by atoms with Crippen molar-refractivity contribution in [1.29, 1.82) is 0 Å². The van der Waals surface area contributed by atoms with E-state index in [9.17, 15) is 9.59 Å². The van der Waals surface area contributed by atoms with Crippen molar-refractivity contribution in [1.82, 2.24) is 9.47 Å². The van der Waals surface area contributed by atoms with Crippen LogP contribution in [-0.4, -0.2) is 40.2 Å². The van der Waals surface area contributed by atoms with E-state index in [4.69, 9.17) is 17.0 Å². The number of carbonyl (C=O) groups is 1. The van der Waals surface area contributed by atoms with Gasteiger partial charge in [-0.15, -0.1) is 11.3 Å². The van der Waals surface area contributed by atoms with Crippen LogP contribution < -0.4 is 10.9 Å². The maximum atomic E-state index is 12.9. The number of likely N-dealkylation sites (tertiary alicyclic amines) is 1. The molecule has 5 rings (SSSR count). The lowest BCUT2D eigenvalue weighted by Gasteiger charge is -2.43. The fraction of sp³-hybridized carbons (Fsp3) is 0.560. The number of aromatic nitrogens is 1. The molecule has 0 amide bonds. The van der Waals surface area contributed by atoms with E-state index in [2.05, 4.69) is 23.2 Å². The molecular formula is C25H31N3O3S2. The van der Waals surface area contributed by atoms with Gasteiger partial charge in [-0.3, -0.25) is 4.79 Å². The molecule has 0 spiro atoms. The lowest BCUT2D eigenvalue weighted by Crippen LogP contribution is -2.50. The van der Waals surface area contributed by atoms with Crippen LogP contribution in [0.1, 0.15) is 65.5 Å². The molecule has 2 aromatic rings. The first-order valence-electron chi connectivity index (χ1n) is 12.1. The van der Waals surface area contributed by atoms with Gasteiger partial charge in [0.05, 0.1) is 12.2 Å². The zero-order valence-corrected chi connectivity index (χ0v) is 20.9. The SMILES string of the molecule is CCOC(=O)c1c(NC(=S)N2C[C@@H]3C[C@H](C2)c2cccc(=O)n2C3)sc2c1CC[C@H](CC)C2. The first kappa shape index (κ1) is 22.6. The molecule has 8 heteroatoms. The molecule has 1 aliphatic carbocycles. The summed E-state index contributed by atoms with van der Waals surface area (Å²) in [5.41, 5.74) is 3.03. The largest absolute Gasteiger partial charge is 0.462 e. The third-order valence-corrected chi connectivity index (χ3v) is 8.94. The van der Waals surface area contributed by atoms with E-state index in [1.807, 2.05) is 17.6 Å². The Hall–Kier alpha value is -2.19. The van der Waals surface area contributed by atoms with Crippen molar-refractivity contribution in [3.05, 3.63) is 50.3 Å². The number of anilines is 1. The van der Waals surface area contributed by atoms with Crippen molar-refractivity contribution in [3.8, 4) is 0 Å². The number of rotatable bonds is 4.